The Labute approximate surface area is 121 Å². The summed E-state index contributed by atoms with van der Waals surface area (Å²) in [5.41, 5.74) is 6.43. The van der Waals surface area contributed by atoms with Gasteiger partial charge in [-0.3, -0.25) is 0 Å². The number of alkyl halides is 3. The highest BCUT2D eigenvalue weighted by atomic mass is 19.4. The Bertz CT molecular complexity index is 395. The van der Waals surface area contributed by atoms with Gasteiger partial charge in [0.05, 0.1) is 6.61 Å². The molecule has 0 fully saturated rings. The van der Waals surface area contributed by atoms with Gasteiger partial charge < -0.3 is 20.3 Å². The molecule has 0 bridgehead atoms. The summed E-state index contributed by atoms with van der Waals surface area (Å²) in [5, 5.41) is 9.58. The second-order valence-corrected chi connectivity index (χ2v) is 4.61. The van der Waals surface area contributed by atoms with Gasteiger partial charge in [0, 0.05) is 19.6 Å². The molecule has 0 amide bonds. The van der Waals surface area contributed by atoms with Crippen molar-refractivity contribution in [3.05, 3.63) is 29.8 Å². The highest BCUT2D eigenvalue weighted by molar-refractivity contribution is 5.27. The van der Waals surface area contributed by atoms with Crippen molar-refractivity contribution in [2.75, 3.05) is 19.8 Å². The number of aliphatic hydroxyl groups excluding tert-OH is 1. The number of hydrogen-bond acceptors (Lipinski definition) is 4. The van der Waals surface area contributed by atoms with Crippen molar-refractivity contribution in [3.63, 3.8) is 0 Å². The Kier molecular flexibility index (Phi) is 7.49. The quantitative estimate of drug-likeness (QED) is 0.687. The lowest BCUT2D eigenvalue weighted by Crippen LogP contribution is -2.24. The van der Waals surface area contributed by atoms with Crippen molar-refractivity contribution in [1.82, 2.24) is 0 Å². The molecule has 120 valence electrons. The molecule has 0 aliphatic carbocycles. The predicted octanol–water partition coefficient (Wildman–Crippen LogP) is 2.24. The minimum absolute atomic E-state index is 0.0151. The van der Waals surface area contributed by atoms with Crippen molar-refractivity contribution in [2.24, 2.45) is 5.73 Å². The molecule has 7 heteroatoms. The minimum Gasteiger partial charge on any atom is -0.491 e. The number of aliphatic hydroxyl groups is 1. The first-order chi connectivity index (χ1) is 9.90. The number of rotatable bonds is 9. The molecule has 1 aromatic rings. The van der Waals surface area contributed by atoms with Crippen LogP contribution in [0, 0.1) is 0 Å². The Morgan fingerprint density at radius 3 is 2.38 bits per heavy atom. The summed E-state index contributed by atoms with van der Waals surface area (Å²) in [6.07, 6.45) is -6.05. The fourth-order valence-corrected chi connectivity index (χ4v) is 1.56. The van der Waals surface area contributed by atoms with Gasteiger partial charge in [0.15, 0.2) is 0 Å². The molecule has 21 heavy (non-hydrogen) atoms. The lowest BCUT2D eigenvalue weighted by Gasteiger charge is -2.13. The standard InChI is InChI=1S/C14H20F3NO3/c15-14(16,17)6-1-7-20-9-12(19)10-21-13-4-2-11(8-18)3-5-13/h2-5,12,19H,1,6-10,18H2. The third kappa shape index (κ3) is 8.54. The van der Waals surface area contributed by atoms with Crippen LogP contribution in [0.5, 0.6) is 5.75 Å². The highest BCUT2D eigenvalue weighted by Gasteiger charge is 2.25. The van der Waals surface area contributed by atoms with Crippen LogP contribution >= 0.6 is 0 Å². The van der Waals surface area contributed by atoms with Crippen molar-refractivity contribution < 1.29 is 27.8 Å². The zero-order valence-electron chi connectivity index (χ0n) is 11.6. The first-order valence-corrected chi connectivity index (χ1v) is 6.65. The molecule has 1 rings (SSSR count). The Hall–Kier alpha value is -1.31. The van der Waals surface area contributed by atoms with Crippen LogP contribution in [0.25, 0.3) is 0 Å². The van der Waals surface area contributed by atoms with E-state index >= 15 is 0 Å². The van der Waals surface area contributed by atoms with Crippen LogP contribution in [-0.4, -0.2) is 37.2 Å². The largest absolute Gasteiger partial charge is 0.491 e. The fourth-order valence-electron chi connectivity index (χ4n) is 1.56. The zero-order chi connectivity index (χ0) is 15.7. The summed E-state index contributed by atoms with van der Waals surface area (Å²) in [4.78, 5) is 0. The van der Waals surface area contributed by atoms with Crippen molar-refractivity contribution in [3.8, 4) is 5.75 Å². The Morgan fingerprint density at radius 2 is 1.81 bits per heavy atom. The molecule has 0 aliphatic heterocycles. The van der Waals surface area contributed by atoms with Crippen molar-refractivity contribution in [1.29, 1.82) is 0 Å². The summed E-state index contributed by atoms with van der Waals surface area (Å²) < 4.78 is 45.9. The Morgan fingerprint density at radius 1 is 1.14 bits per heavy atom. The molecule has 0 saturated heterocycles. The zero-order valence-corrected chi connectivity index (χ0v) is 11.6. The maximum atomic E-state index is 11.9. The molecule has 1 aromatic carbocycles. The highest BCUT2D eigenvalue weighted by Crippen LogP contribution is 2.21. The van der Waals surface area contributed by atoms with Gasteiger partial charge in [-0.2, -0.15) is 13.2 Å². The van der Waals surface area contributed by atoms with Gasteiger partial charge in [-0.15, -0.1) is 0 Å². The molecular formula is C14H20F3NO3. The molecule has 1 atom stereocenters. The molecule has 0 saturated carbocycles. The number of hydrogen-bond donors (Lipinski definition) is 2. The third-order valence-corrected chi connectivity index (χ3v) is 2.66. The predicted molar refractivity (Wildman–Crippen MR) is 71.9 cm³/mol. The van der Waals surface area contributed by atoms with Gasteiger partial charge in [0.2, 0.25) is 0 Å². The van der Waals surface area contributed by atoms with Crippen LogP contribution < -0.4 is 10.5 Å². The maximum Gasteiger partial charge on any atom is 0.389 e. The molecule has 0 aromatic heterocycles. The molecule has 1 unspecified atom stereocenters. The normalized spacial score (nSPS) is 13.2. The minimum atomic E-state index is -4.17. The van der Waals surface area contributed by atoms with E-state index in [0.29, 0.717) is 12.3 Å². The topological polar surface area (TPSA) is 64.7 Å². The molecule has 0 aliphatic rings. The molecule has 3 N–H and O–H groups in total. The third-order valence-electron chi connectivity index (χ3n) is 2.66. The van der Waals surface area contributed by atoms with Crippen LogP contribution in [0.4, 0.5) is 13.2 Å². The van der Waals surface area contributed by atoms with E-state index in [1.165, 1.54) is 0 Å². The van der Waals surface area contributed by atoms with E-state index < -0.39 is 18.7 Å². The van der Waals surface area contributed by atoms with E-state index in [4.69, 9.17) is 15.2 Å². The van der Waals surface area contributed by atoms with Crippen molar-refractivity contribution in [2.45, 2.75) is 31.7 Å². The van der Waals surface area contributed by atoms with E-state index in [-0.39, 0.29) is 26.2 Å². The summed E-state index contributed by atoms with van der Waals surface area (Å²) in [7, 11) is 0. The molecule has 4 nitrogen and oxygen atoms in total. The summed E-state index contributed by atoms with van der Waals surface area (Å²) >= 11 is 0. The molecule has 0 heterocycles. The summed E-state index contributed by atoms with van der Waals surface area (Å²) in [6, 6.07) is 7.10. The average molecular weight is 307 g/mol. The van der Waals surface area contributed by atoms with Crippen LogP contribution in [-0.2, 0) is 11.3 Å². The van der Waals surface area contributed by atoms with Gasteiger partial charge in [0.1, 0.15) is 18.5 Å². The van der Waals surface area contributed by atoms with Crippen LogP contribution in [0.1, 0.15) is 18.4 Å². The van der Waals surface area contributed by atoms with E-state index in [2.05, 4.69) is 0 Å². The molecule has 0 radical (unpaired) electrons. The van der Waals surface area contributed by atoms with E-state index in [9.17, 15) is 18.3 Å². The SMILES string of the molecule is NCc1ccc(OCC(O)COCCCC(F)(F)F)cc1. The average Bonchev–Trinajstić information content (AvgIpc) is 2.44. The van der Waals surface area contributed by atoms with Gasteiger partial charge in [-0.05, 0) is 24.1 Å². The first-order valence-electron chi connectivity index (χ1n) is 6.65. The summed E-state index contributed by atoms with van der Waals surface area (Å²) in [6.45, 7) is 0.358. The van der Waals surface area contributed by atoms with Gasteiger partial charge in [-0.1, -0.05) is 12.1 Å². The maximum absolute atomic E-state index is 11.9. The first kappa shape index (κ1) is 17.7. The number of halogens is 3. The van der Waals surface area contributed by atoms with Gasteiger partial charge >= 0.3 is 6.18 Å². The van der Waals surface area contributed by atoms with Gasteiger partial charge in [0.25, 0.3) is 0 Å². The van der Waals surface area contributed by atoms with Gasteiger partial charge in [-0.25, -0.2) is 0 Å². The summed E-state index contributed by atoms with van der Waals surface area (Å²) in [5.74, 6) is 0.586. The number of ether oxygens (including phenoxy) is 2. The van der Waals surface area contributed by atoms with E-state index in [1.54, 1.807) is 12.1 Å². The second kappa shape index (κ2) is 8.86. The van der Waals surface area contributed by atoms with Crippen LogP contribution in [0.2, 0.25) is 0 Å². The van der Waals surface area contributed by atoms with Crippen LogP contribution in [0.15, 0.2) is 24.3 Å². The lowest BCUT2D eigenvalue weighted by atomic mass is 10.2. The second-order valence-electron chi connectivity index (χ2n) is 4.61. The fraction of sp³-hybridized carbons (Fsp3) is 0.571. The molecular weight excluding hydrogens is 287 g/mol. The number of benzene rings is 1. The Balaban J connectivity index is 2.11. The number of nitrogens with two attached hydrogens (primary N) is 1. The van der Waals surface area contributed by atoms with E-state index in [0.717, 1.165) is 5.56 Å². The lowest BCUT2D eigenvalue weighted by molar-refractivity contribution is -0.138. The van der Waals surface area contributed by atoms with E-state index in [1.807, 2.05) is 12.1 Å². The molecule has 0 spiro atoms. The van der Waals surface area contributed by atoms with Crippen molar-refractivity contribution >= 4 is 0 Å². The van der Waals surface area contributed by atoms with Crippen LogP contribution in [0.3, 0.4) is 0 Å². The monoisotopic (exact) mass is 307 g/mol. The smallest absolute Gasteiger partial charge is 0.389 e.